The number of carbonyl (C=O) groups is 1. The zero-order chi connectivity index (χ0) is 15.3. The van der Waals surface area contributed by atoms with Gasteiger partial charge in [0.1, 0.15) is 6.10 Å². The molecule has 0 heterocycles. The van der Waals surface area contributed by atoms with Crippen molar-refractivity contribution < 1.29 is 23.0 Å². The highest BCUT2D eigenvalue weighted by molar-refractivity contribution is 5.80. The number of hydrogen-bond donors (Lipinski definition) is 1. The summed E-state index contributed by atoms with van der Waals surface area (Å²) in [5.74, 6) is -2.64. The van der Waals surface area contributed by atoms with E-state index in [-0.39, 0.29) is 29.9 Å². The minimum Gasteiger partial charge on any atom is -0.494 e. The highest BCUT2D eigenvalue weighted by atomic mass is 19.2. The van der Waals surface area contributed by atoms with Gasteiger partial charge in [-0.15, -0.1) is 0 Å². The van der Waals surface area contributed by atoms with Crippen molar-refractivity contribution in [3.63, 3.8) is 0 Å². The number of amides is 1. The van der Waals surface area contributed by atoms with Crippen LogP contribution in [0.25, 0.3) is 0 Å². The number of hydrogen-bond acceptors (Lipinski definition) is 3. The Morgan fingerprint density at radius 2 is 1.90 bits per heavy atom. The van der Waals surface area contributed by atoms with Gasteiger partial charge in [0.2, 0.25) is 11.7 Å². The van der Waals surface area contributed by atoms with Crippen molar-refractivity contribution in [3.05, 3.63) is 29.3 Å². The first-order valence-electron chi connectivity index (χ1n) is 6.30. The van der Waals surface area contributed by atoms with E-state index in [9.17, 15) is 13.6 Å². The first-order chi connectivity index (χ1) is 9.36. The summed E-state index contributed by atoms with van der Waals surface area (Å²) in [6.45, 7) is 5.10. The molecule has 0 aliphatic rings. The van der Waals surface area contributed by atoms with E-state index in [4.69, 9.17) is 4.74 Å². The quantitative estimate of drug-likeness (QED) is 0.874. The zero-order valence-corrected chi connectivity index (χ0v) is 12.0. The van der Waals surface area contributed by atoms with Crippen LogP contribution >= 0.6 is 0 Å². The van der Waals surface area contributed by atoms with Crippen LogP contribution in [0.15, 0.2) is 12.1 Å². The van der Waals surface area contributed by atoms with Crippen molar-refractivity contribution in [3.8, 4) is 5.75 Å². The van der Waals surface area contributed by atoms with Crippen molar-refractivity contribution >= 4 is 5.91 Å². The lowest BCUT2D eigenvalue weighted by atomic mass is 10.2. The van der Waals surface area contributed by atoms with Crippen LogP contribution in [-0.4, -0.2) is 25.2 Å². The number of nitrogens with one attached hydrogen (secondary N) is 1. The predicted molar refractivity (Wildman–Crippen MR) is 70.4 cm³/mol. The van der Waals surface area contributed by atoms with E-state index in [2.05, 4.69) is 10.1 Å². The maximum atomic E-state index is 13.7. The number of rotatable bonds is 6. The van der Waals surface area contributed by atoms with Crippen LogP contribution in [0.1, 0.15) is 26.3 Å². The molecule has 4 nitrogen and oxygen atoms in total. The SMILES string of the molecule is COc1ccc(CNC(=O)C(C)OC(C)C)c(F)c1F. The molecular weight excluding hydrogens is 268 g/mol. The van der Waals surface area contributed by atoms with E-state index in [0.717, 1.165) is 0 Å². The molecule has 0 saturated heterocycles. The molecule has 1 rings (SSSR count). The van der Waals surface area contributed by atoms with Gasteiger partial charge in [-0.1, -0.05) is 6.07 Å². The molecule has 1 N–H and O–H groups in total. The van der Waals surface area contributed by atoms with Crippen LogP contribution < -0.4 is 10.1 Å². The molecule has 0 fully saturated rings. The molecule has 1 aromatic carbocycles. The van der Waals surface area contributed by atoms with Gasteiger partial charge >= 0.3 is 0 Å². The third-order valence-electron chi connectivity index (χ3n) is 2.65. The number of methoxy groups -OCH3 is 1. The molecule has 6 heteroatoms. The fraction of sp³-hybridized carbons (Fsp3) is 0.500. The van der Waals surface area contributed by atoms with Crippen LogP contribution in [0.3, 0.4) is 0 Å². The Kier molecular flexibility index (Phi) is 5.88. The summed E-state index contributed by atoms with van der Waals surface area (Å²) in [6, 6.07) is 2.68. The van der Waals surface area contributed by atoms with Crippen LogP contribution in [0.5, 0.6) is 5.75 Å². The summed E-state index contributed by atoms with van der Waals surface area (Å²) >= 11 is 0. The molecule has 0 spiro atoms. The number of ether oxygens (including phenoxy) is 2. The molecule has 0 aliphatic carbocycles. The summed E-state index contributed by atoms with van der Waals surface area (Å²) in [5.41, 5.74) is 0.0494. The Morgan fingerprint density at radius 1 is 1.25 bits per heavy atom. The molecule has 0 aliphatic heterocycles. The lowest BCUT2D eigenvalue weighted by molar-refractivity contribution is -0.134. The van der Waals surface area contributed by atoms with Crippen molar-refractivity contribution in [1.82, 2.24) is 5.32 Å². The van der Waals surface area contributed by atoms with E-state index in [1.54, 1.807) is 6.92 Å². The maximum Gasteiger partial charge on any atom is 0.249 e. The van der Waals surface area contributed by atoms with Gasteiger partial charge in [0.25, 0.3) is 0 Å². The van der Waals surface area contributed by atoms with Gasteiger partial charge < -0.3 is 14.8 Å². The standard InChI is InChI=1S/C14H19F2NO3/c1-8(2)20-9(3)14(18)17-7-10-5-6-11(19-4)13(16)12(10)15/h5-6,8-9H,7H2,1-4H3,(H,17,18). The molecule has 0 radical (unpaired) electrons. The smallest absolute Gasteiger partial charge is 0.249 e. The fourth-order valence-corrected chi connectivity index (χ4v) is 1.66. The van der Waals surface area contributed by atoms with Gasteiger partial charge in [0.15, 0.2) is 11.6 Å². The molecule has 1 aromatic rings. The molecule has 112 valence electrons. The van der Waals surface area contributed by atoms with Crippen molar-refractivity contribution in [2.24, 2.45) is 0 Å². The first kappa shape index (κ1) is 16.4. The van der Waals surface area contributed by atoms with Gasteiger partial charge in [-0.3, -0.25) is 4.79 Å². The third kappa shape index (κ3) is 4.16. The molecule has 1 unspecified atom stereocenters. The van der Waals surface area contributed by atoms with E-state index in [1.807, 2.05) is 13.8 Å². The van der Waals surface area contributed by atoms with Gasteiger partial charge in [0.05, 0.1) is 13.2 Å². The Bertz CT molecular complexity index is 478. The average Bonchev–Trinajstić information content (AvgIpc) is 2.39. The second-order valence-corrected chi connectivity index (χ2v) is 4.60. The van der Waals surface area contributed by atoms with Gasteiger partial charge in [-0.2, -0.15) is 4.39 Å². The van der Waals surface area contributed by atoms with E-state index in [1.165, 1.54) is 19.2 Å². The summed E-state index contributed by atoms with van der Waals surface area (Å²) < 4.78 is 37.1. The first-order valence-corrected chi connectivity index (χ1v) is 6.30. The summed E-state index contributed by atoms with van der Waals surface area (Å²) in [6.07, 6.45) is -0.743. The Balaban J connectivity index is 2.66. The van der Waals surface area contributed by atoms with Crippen molar-refractivity contribution in [2.75, 3.05) is 7.11 Å². The van der Waals surface area contributed by atoms with Crippen LogP contribution in [0.2, 0.25) is 0 Å². The number of carbonyl (C=O) groups excluding carboxylic acids is 1. The number of benzene rings is 1. The van der Waals surface area contributed by atoms with E-state index < -0.39 is 17.7 Å². The molecule has 0 aromatic heterocycles. The van der Waals surface area contributed by atoms with Crippen LogP contribution in [-0.2, 0) is 16.1 Å². The summed E-state index contributed by atoms with van der Waals surface area (Å²) in [7, 11) is 1.25. The van der Waals surface area contributed by atoms with Crippen LogP contribution in [0, 0.1) is 11.6 Å². The second kappa shape index (κ2) is 7.19. The third-order valence-corrected chi connectivity index (χ3v) is 2.65. The number of halogens is 2. The highest BCUT2D eigenvalue weighted by Crippen LogP contribution is 2.22. The van der Waals surface area contributed by atoms with E-state index >= 15 is 0 Å². The van der Waals surface area contributed by atoms with Gasteiger partial charge in [-0.25, -0.2) is 4.39 Å². The Morgan fingerprint density at radius 3 is 2.45 bits per heavy atom. The minimum absolute atomic E-state index is 0.0494. The molecule has 20 heavy (non-hydrogen) atoms. The zero-order valence-electron chi connectivity index (χ0n) is 12.0. The van der Waals surface area contributed by atoms with Gasteiger partial charge in [-0.05, 0) is 26.8 Å². The average molecular weight is 287 g/mol. The van der Waals surface area contributed by atoms with E-state index in [0.29, 0.717) is 0 Å². The second-order valence-electron chi connectivity index (χ2n) is 4.60. The lowest BCUT2D eigenvalue weighted by Crippen LogP contribution is -2.35. The monoisotopic (exact) mass is 287 g/mol. The predicted octanol–water partition coefficient (Wildman–Crippen LogP) is 2.40. The molecule has 1 amide bonds. The van der Waals surface area contributed by atoms with Gasteiger partial charge in [0, 0.05) is 12.1 Å². The minimum atomic E-state index is -1.06. The fourth-order valence-electron chi connectivity index (χ4n) is 1.66. The maximum absolute atomic E-state index is 13.7. The molecule has 0 saturated carbocycles. The topological polar surface area (TPSA) is 47.6 Å². The normalized spacial score (nSPS) is 12.3. The largest absolute Gasteiger partial charge is 0.494 e. The van der Waals surface area contributed by atoms with Crippen molar-refractivity contribution in [1.29, 1.82) is 0 Å². The molecule has 1 atom stereocenters. The van der Waals surface area contributed by atoms with Crippen molar-refractivity contribution in [2.45, 2.75) is 39.5 Å². The summed E-state index contributed by atoms with van der Waals surface area (Å²) in [4.78, 5) is 11.7. The Labute approximate surface area is 117 Å². The summed E-state index contributed by atoms with van der Waals surface area (Å²) in [5, 5.41) is 2.50. The lowest BCUT2D eigenvalue weighted by Gasteiger charge is -2.16. The van der Waals surface area contributed by atoms with Crippen LogP contribution in [0.4, 0.5) is 8.78 Å². The molecular formula is C14H19F2NO3. The Hall–Kier alpha value is -1.69. The highest BCUT2D eigenvalue weighted by Gasteiger charge is 2.17. The molecule has 0 bridgehead atoms.